The van der Waals surface area contributed by atoms with Gasteiger partial charge in [0.1, 0.15) is 11.8 Å². The van der Waals surface area contributed by atoms with E-state index in [9.17, 15) is 14.4 Å². The molecule has 0 bridgehead atoms. The van der Waals surface area contributed by atoms with E-state index in [0.717, 1.165) is 4.90 Å². The van der Waals surface area contributed by atoms with E-state index in [-0.39, 0.29) is 13.0 Å². The minimum Gasteiger partial charge on any atom is -0.497 e. The summed E-state index contributed by atoms with van der Waals surface area (Å²) in [6, 6.07) is 20.8. The molecule has 7 nitrogen and oxygen atoms in total. The maximum atomic E-state index is 13.6. The van der Waals surface area contributed by atoms with Crippen molar-refractivity contribution >= 4 is 35.0 Å². The molecule has 1 fully saturated rings. The third-order valence-electron chi connectivity index (χ3n) is 5.63. The van der Waals surface area contributed by atoms with Gasteiger partial charge in [0.2, 0.25) is 5.91 Å². The first kappa shape index (κ1) is 23.0. The Morgan fingerprint density at radius 1 is 1.12 bits per heavy atom. The number of imide groups is 1. The molecule has 1 aliphatic heterocycles. The van der Waals surface area contributed by atoms with Crippen LogP contribution in [0.5, 0.6) is 5.75 Å². The van der Waals surface area contributed by atoms with Crippen LogP contribution in [0.25, 0.3) is 0 Å². The van der Waals surface area contributed by atoms with E-state index < -0.39 is 23.8 Å². The van der Waals surface area contributed by atoms with Crippen LogP contribution < -0.4 is 9.64 Å². The maximum Gasteiger partial charge on any atom is 0.257 e. The number of hydrogen-bond acceptors (Lipinski definition) is 5. The first-order chi connectivity index (χ1) is 16.4. The van der Waals surface area contributed by atoms with Crippen molar-refractivity contribution in [2.24, 2.45) is 0 Å². The van der Waals surface area contributed by atoms with Crippen LogP contribution in [0.3, 0.4) is 0 Å². The number of halogens is 1. The lowest BCUT2D eigenvalue weighted by atomic mass is 10.1. The second-order valence-electron chi connectivity index (χ2n) is 7.70. The smallest absolute Gasteiger partial charge is 0.257 e. The van der Waals surface area contributed by atoms with Crippen molar-refractivity contribution in [3.05, 3.63) is 94.5 Å². The molecule has 3 aromatic carbocycles. The molecule has 3 amide bonds. The van der Waals surface area contributed by atoms with Gasteiger partial charge in [0, 0.05) is 17.1 Å². The number of methoxy groups -OCH3 is 1. The summed E-state index contributed by atoms with van der Waals surface area (Å²) in [4.78, 5) is 42.4. The second-order valence-corrected chi connectivity index (χ2v) is 8.11. The number of anilines is 1. The van der Waals surface area contributed by atoms with Crippen LogP contribution in [0.15, 0.2) is 72.8 Å². The van der Waals surface area contributed by atoms with Crippen LogP contribution in [0.2, 0.25) is 5.02 Å². The van der Waals surface area contributed by atoms with Crippen LogP contribution >= 0.6 is 11.6 Å². The lowest BCUT2D eigenvalue weighted by Gasteiger charge is -2.28. The van der Waals surface area contributed by atoms with Gasteiger partial charge in [-0.2, -0.15) is 5.26 Å². The number of nitrogens with zero attached hydrogens (tertiary/aromatic N) is 3. The average molecular weight is 474 g/mol. The van der Waals surface area contributed by atoms with Gasteiger partial charge in [0.05, 0.1) is 30.9 Å². The number of ether oxygens (including phenoxy) is 1. The standard InChI is InChI=1S/C26H20ClN3O4/c1-34-21-7-4-6-18(13-21)25(32)29(16-19-5-2-3-8-22(19)27)23-14-24(31)30(26(23)33)20-11-9-17(15-28)10-12-20/h2-13,23H,14,16H2,1H3. The van der Waals surface area contributed by atoms with Gasteiger partial charge in [-0.15, -0.1) is 0 Å². The van der Waals surface area contributed by atoms with E-state index in [4.69, 9.17) is 21.6 Å². The molecule has 8 heteroatoms. The Labute approximate surface area is 201 Å². The Kier molecular flexibility index (Phi) is 6.62. The van der Waals surface area contributed by atoms with Crippen molar-refractivity contribution in [3.63, 3.8) is 0 Å². The number of carbonyl (C=O) groups is 3. The Hall–Kier alpha value is -4.15. The molecule has 0 N–H and O–H groups in total. The minimum atomic E-state index is -1.02. The predicted octanol–water partition coefficient (Wildman–Crippen LogP) is 4.19. The van der Waals surface area contributed by atoms with Crippen LogP contribution in [-0.4, -0.2) is 35.8 Å². The van der Waals surface area contributed by atoms with Gasteiger partial charge in [0.15, 0.2) is 0 Å². The molecular weight excluding hydrogens is 454 g/mol. The van der Waals surface area contributed by atoms with Crippen molar-refractivity contribution in [3.8, 4) is 11.8 Å². The van der Waals surface area contributed by atoms with Crippen LogP contribution in [0, 0.1) is 11.3 Å². The summed E-state index contributed by atoms with van der Waals surface area (Å²) in [5.41, 5.74) is 1.73. The van der Waals surface area contributed by atoms with Crippen molar-refractivity contribution < 1.29 is 19.1 Å². The summed E-state index contributed by atoms with van der Waals surface area (Å²) in [5.74, 6) is -0.872. The Balaban J connectivity index is 1.71. The summed E-state index contributed by atoms with van der Waals surface area (Å²) in [6.07, 6.45) is -0.168. The molecule has 1 atom stereocenters. The summed E-state index contributed by atoms with van der Waals surface area (Å²) < 4.78 is 5.24. The first-order valence-corrected chi connectivity index (χ1v) is 10.9. The highest BCUT2D eigenvalue weighted by molar-refractivity contribution is 6.31. The number of rotatable bonds is 6. The zero-order valence-electron chi connectivity index (χ0n) is 18.3. The van der Waals surface area contributed by atoms with E-state index in [1.54, 1.807) is 60.7 Å². The summed E-state index contributed by atoms with van der Waals surface area (Å²) >= 11 is 6.34. The molecule has 1 aliphatic rings. The van der Waals surface area contributed by atoms with Gasteiger partial charge in [0.25, 0.3) is 11.8 Å². The summed E-state index contributed by atoms with van der Waals surface area (Å²) in [5, 5.41) is 9.47. The Bertz CT molecular complexity index is 1300. The molecule has 1 unspecified atom stereocenters. The van der Waals surface area contributed by atoms with E-state index in [2.05, 4.69) is 0 Å². The average Bonchev–Trinajstić information content (AvgIpc) is 3.16. The van der Waals surface area contributed by atoms with Gasteiger partial charge < -0.3 is 9.64 Å². The summed E-state index contributed by atoms with van der Waals surface area (Å²) in [7, 11) is 1.50. The molecule has 3 aromatic rings. The Morgan fingerprint density at radius 2 is 1.85 bits per heavy atom. The third kappa shape index (κ3) is 4.49. The SMILES string of the molecule is COc1cccc(C(=O)N(Cc2ccccc2Cl)C2CC(=O)N(c3ccc(C#N)cc3)C2=O)c1. The largest absolute Gasteiger partial charge is 0.497 e. The van der Waals surface area contributed by atoms with Gasteiger partial charge in [-0.3, -0.25) is 14.4 Å². The van der Waals surface area contributed by atoms with Gasteiger partial charge in [-0.05, 0) is 54.1 Å². The van der Waals surface area contributed by atoms with Crippen molar-refractivity contribution in [2.75, 3.05) is 12.0 Å². The number of carbonyl (C=O) groups excluding carboxylic acids is 3. The monoisotopic (exact) mass is 473 g/mol. The fourth-order valence-corrected chi connectivity index (χ4v) is 4.07. The molecule has 1 saturated heterocycles. The number of amides is 3. The Morgan fingerprint density at radius 3 is 2.53 bits per heavy atom. The first-order valence-electron chi connectivity index (χ1n) is 10.5. The summed E-state index contributed by atoms with van der Waals surface area (Å²) in [6.45, 7) is 0.0423. The second kappa shape index (κ2) is 9.77. The zero-order chi connectivity index (χ0) is 24.2. The molecular formula is C26H20ClN3O4. The molecule has 34 heavy (non-hydrogen) atoms. The molecule has 0 saturated carbocycles. The lowest BCUT2D eigenvalue weighted by molar-refractivity contribution is -0.122. The van der Waals surface area contributed by atoms with E-state index in [1.807, 2.05) is 6.07 Å². The van der Waals surface area contributed by atoms with E-state index in [0.29, 0.717) is 33.1 Å². The van der Waals surface area contributed by atoms with Crippen LogP contribution in [-0.2, 0) is 16.1 Å². The van der Waals surface area contributed by atoms with E-state index in [1.165, 1.54) is 24.1 Å². The topological polar surface area (TPSA) is 90.7 Å². The quantitative estimate of drug-likeness (QED) is 0.500. The van der Waals surface area contributed by atoms with Crippen molar-refractivity contribution in [2.45, 2.75) is 19.0 Å². The highest BCUT2D eigenvalue weighted by atomic mass is 35.5. The lowest BCUT2D eigenvalue weighted by Crippen LogP contribution is -2.45. The molecule has 0 radical (unpaired) electrons. The van der Waals surface area contributed by atoms with Crippen molar-refractivity contribution in [1.29, 1.82) is 5.26 Å². The number of nitriles is 1. The minimum absolute atomic E-state index is 0.0423. The molecule has 4 rings (SSSR count). The molecule has 1 heterocycles. The van der Waals surface area contributed by atoms with Gasteiger partial charge in [-0.1, -0.05) is 35.9 Å². The van der Waals surface area contributed by atoms with Crippen LogP contribution in [0.4, 0.5) is 5.69 Å². The zero-order valence-corrected chi connectivity index (χ0v) is 19.0. The highest BCUT2D eigenvalue weighted by Crippen LogP contribution is 2.29. The number of hydrogen-bond donors (Lipinski definition) is 0. The van der Waals surface area contributed by atoms with Crippen LogP contribution in [0.1, 0.15) is 27.9 Å². The highest BCUT2D eigenvalue weighted by Gasteiger charge is 2.44. The molecule has 0 aliphatic carbocycles. The van der Waals surface area contributed by atoms with Gasteiger partial charge in [-0.25, -0.2) is 4.90 Å². The number of benzene rings is 3. The molecule has 170 valence electrons. The fraction of sp³-hybridized carbons (Fsp3) is 0.154. The maximum absolute atomic E-state index is 13.6. The third-order valence-corrected chi connectivity index (χ3v) is 6.00. The molecule has 0 aromatic heterocycles. The van der Waals surface area contributed by atoms with E-state index >= 15 is 0 Å². The fourth-order valence-electron chi connectivity index (χ4n) is 3.87. The van der Waals surface area contributed by atoms with Crippen molar-refractivity contribution in [1.82, 2.24) is 4.90 Å². The normalized spacial score (nSPS) is 15.2. The predicted molar refractivity (Wildman–Crippen MR) is 126 cm³/mol. The van der Waals surface area contributed by atoms with Gasteiger partial charge >= 0.3 is 0 Å². The molecule has 0 spiro atoms.